The van der Waals surface area contributed by atoms with Crippen molar-refractivity contribution in [2.45, 2.75) is 37.1 Å². The molecule has 0 atom stereocenters. The summed E-state index contributed by atoms with van der Waals surface area (Å²) in [7, 11) is -3.66. The second-order valence-corrected chi connectivity index (χ2v) is 6.95. The first-order valence-corrected chi connectivity index (χ1v) is 8.28. The van der Waals surface area contributed by atoms with Gasteiger partial charge < -0.3 is 15.7 Å². The summed E-state index contributed by atoms with van der Waals surface area (Å²) in [4.78, 5) is 16.4. The van der Waals surface area contributed by atoms with Crippen molar-refractivity contribution in [3.05, 3.63) is 28.7 Å². The Balaban J connectivity index is 2.27. The third-order valence-corrected chi connectivity index (χ3v) is 5.22. The first kappa shape index (κ1) is 15.7. The minimum atomic E-state index is -3.66. The van der Waals surface area contributed by atoms with Gasteiger partial charge in [-0.1, -0.05) is 13.8 Å². The first-order chi connectivity index (χ1) is 9.79. The average molecular weight is 312 g/mol. The van der Waals surface area contributed by atoms with E-state index in [0.717, 1.165) is 0 Å². The van der Waals surface area contributed by atoms with E-state index >= 15 is 0 Å². The highest BCUT2D eigenvalue weighted by Crippen LogP contribution is 2.16. The number of imidazole rings is 1. The smallest absolute Gasteiger partial charge is 0.323 e. The van der Waals surface area contributed by atoms with Crippen molar-refractivity contribution in [2.75, 3.05) is 6.54 Å². The number of aromatic amines is 2. The molecule has 0 aliphatic rings. The molecular weight excluding hydrogens is 292 g/mol. The third kappa shape index (κ3) is 3.34. The molecule has 0 amide bonds. The molecule has 2 rings (SSSR count). The van der Waals surface area contributed by atoms with Crippen LogP contribution in [0.3, 0.4) is 0 Å². The Morgan fingerprint density at radius 1 is 1.19 bits per heavy atom. The van der Waals surface area contributed by atoms with Gasteiger partial charge in [0.2, 0.25) is 10.0 Å². The Kier molecular flexibility index (Phi) is 4.22. The lowest BCUT2D eigenvalue weighted by Gasteiger charge is -2.26. The third-order valence-electron chi connectivity index (χ3n) is 3.82. The fourth-order valence-corrected chi connectivity index (χ4v) is 3.17. The molecule has 8 heteroatoms. The number of benzene rings is 1. The maximum Gasteiger partial charge on any atom is 0.323 e. The van der Waals surface area contributed by atoms with Gasteiger partial charge in [-0.15, -0.1) is 0 Å². The predicted octanol–water partition coefficient (Wildman–Crippen LogP) is 0.652. The molecule has 0 unspecified atom stereocenters. The lowest BCUT2D eigenvalue weighted by Crippen LogP contribution is -2.49. The molecule has 21 heavy (non-hydrogen) atoms. The zero-order valence-corrected chi connectivity index (χ0v) is 12.9. The second kappa shape index (κ2) is 5.63. The van der Waals surface area contributed by atoms with Gasteiger partial charge in [-0.2, -0.15) is 0 Å². The summed E-state index contributed by atoms with van der Waals surface area (Å²) in [6, 6.07) is 4.42. The number of fused-ring (bicyclic) bond motifs is 1. The van der Waals surface area contributed by atoms with Crippen molar-refractivity contribution >= 4 is 21.1 Å². The highest BCUT2D eigenvalue weighted by atomic mass is 32.2. The molecule has 1 heterocycles. The number of rotatable bonds is 6. The second-order valence-electron chi connectivity index (χ2n) is 5.18. The summed E-state index contributed by atoms with van der Waals surface area (Å²) in [6.07, 6.45) is 1.35. The minimum absolute atomic E-state index is 0.0970. The van der Waals surface area contributed by atoms with E-state index in [1.54, 1.807) is 6.07 Å². The Morgan fingerprint density at radius 3 is 2.43 bits per heavy atom. The molecule has 1 aromatic heterocycles. The number of nitrogens with one attached hydrogen (secondary N) is 3. The Morgan fingerprint density at radius 2 is 1.81 bits per heavy atom. The van der Waals surface area contributed by atoms with Gasteiger partial charge in [-0.05, 0) is 31.0 Å². The van der Waals surface area contributed by atoms with E-state index in [4.69, 9.17) is 5.73 Å². The number of hydrogen-bond acceptors (Lipinski definition) is 4. The molecule has 0 saturated heterocycles. The van der Waals surface area contributed by atoms with Crippen LogP contribution in [-0.2, 0) is 10.0 Å². The molecule has 0 aliphatic carbocycles. The summed E-state index contributed by atoms with van der Waals surface area (Å²) in [5, 5.41) is 0. The number of aromatic nitrogens is 2. The van der Waals surface area contributed by atoms with E-state index in [-0.39, 0.29) is 17.1 Å². The molecule has 0 saturated carbocycles. The number of H-pyrrole nitrogens is 2. The fraction of sp³-hybridized carbons (Fsp3) is 0.462. The fourth-order valence-electron chi connectivity index (χ4n) is 2.00. The average Bonchev–Trinajstić information content (AvgIpc) is 2.84. The van der Waals surface area contributed by atoms with Crippen LogP contribution in [0.1, 0.15) is 26.7 Å². The van der Waals surface area contributed by atoms with Crippen molar-refractivity contribution < 1.29 is 8.42 Å². The summed E-state index contributed by atoms with van der Waals surface area (Å²) in [6.45, 7) is 4.02. The summed E-state index contributed by atoms with van der Waals surface area (Å²) in [5.74, 6) is 0. The highest BCUT2D eigenvalue weighted by molar-refractivity contribution is 7.89. The number of hydrogen-bond donors (Lipinski definition) is 4. The highest BCUT2D eigenvalue weighted by Gasteiger charge is 2.24. The lowest BCUT2D eigenvalue weighted by molar-refractivity contribution is 0.392. The summed E-state index contributed by atoms with van der Waals surface area (Å²) >= 11 is 0. The predicted molar refractivity (Wildman–Crippen MR) is 81.6 cm³/mol. The molecule has 7 nitrogen and oxygen atoms in total. The number of sulfonamides is 1. The molecule has 116 valence electrons. The molecule has 0 bridgehead atoms. The maximum atomic E-state index is 12.3. The van der Waals surface area contributed by atoms with Crippen LogP contribution >= 0.6 is 0 Å². The van der Waals surface area contributed by atoms with E-state index < -0.39 is 15.6 Å². The van der Waals surface area contributed by atoms with E-state index in [2.05, 4.69) is 14.7 Å². The molecule has 0 spiro atoms. The SMILES string of the molecule is CCC(N)(CC)CNS(=O)(=O)c1ccc2[nH]c(=O)[nH]c2c1. The normalized spacial score (nSPS) is 12.9. The van der Waals surface area contributed by atoms with Crippen LogP contribution in [0.4, 0.5) is 0 Å². The van der Waals surface area contributed by atoms with Crippen LogP contribution in [0.15, 0.2) is 27.9 Å². The van der Waals surface area contributed by atoms with Crippen molar-refractivity contribution in [3.8, 4) is 0 Å². The standard InChI is InChI=1S/C13H20N4O3S/c1-3-13(14,4-2)8-15-21(19,20)9-5-6-10-11(7-9)17-12(18)16-10/h5-7,15H,3-4,8,14H2,1-2H3,(H2,16,17,18). The van der Waals surface area contributed by atoms with E-state index in [1.165, 1.54) is 12.1 Å². The van der Waals surface area contributed by atoms with Crippen molar-refractivity contribution in [1.29, 1.82) is 0 Å². The topological polar surface area (TPSA) is 121 Å². The van der Waals surface area contributed by atoms with Gasteiger partial charge >= 0.3 is 5.69 Å². The van der Waals surface area contributed by atoms with Crippen molar-refractivity contribution in [2.24, 2.45) is 5.73 Å². The summed E-state index contributed by atoms with van der Waals surface area (Å²) < 4.78 is 27.1. The zero-order chi connectivity index (χ0) is 15.7. The summed E-state index contributed by atoms with van der Waals surface area (Å²) in [5.41, 5.74) is 6.19. The Hall–Kier alpha value is -1.64. The maximum absolute atomic E-state index is 12.3. The molecular formula is C13H20N4O3S. The lowest BCUT2D eigenvalue weighted by atomic mass is 9.95. The zero-order valence-electron chi connectivity index (χ0n) is 12.1. The van der Waals surface area contributed by atoms with Crippen LogP contribution in [-0.4, -0.2) is 30.5 Å². The largest absolute Gasteiger partial charge is 0.324 e. The molecule has 0 fully saturated rings. The van der Waals surface area contributed by atoms with Gasteiger partial charge in [0.15, 0.2) is 0 Å². The van der Waals surface area contributed by atoms with Crippen LogP contribution in [0.2, 0.25) is 0 Å². The minimum Gasteiger partial charge on any atom is -0.324 e. The van der Waals surface area contributed by atoms with E-state index in [0.29, 0.717) is 23.9 Å². The van der Waals surface area contributed by atoms with Gasteiger partial charge in [0.05, 0.1) is 15.9 Å². The molecule has 0 aliphatic heterocycles. The van der Waals surface area contributed by atoms with Gasteiger partial charge in [-0.3, -0.25) is 0 Å². The van der Waals surface area contributed by atoms with E-state index in [1.807, 2.05) is 13.8 Å². The van der Waals surface area contributed by atoms with Crippen LogP contribution in [0.5, 0.6) is 0 Å². The van der Waals surface area contributed by atoms with E-state index in [9.17, 15) is 13.2 Å². The van der Waals surface area contributed by atoms with Crippen molar-refractivity contribution in [3.63, 3.8) is 0 Å². The Bertz CT molecular complexity index is 787. The van der Waals surface area contributed by atoms with Crippen LogP contribution < -0.4 is 16.1 Å². The van der Waals surface area contributed by atoms with Crippen LogP contribution in [0.25, 0.3) is 11.0 Å². The first-order valence-electron chi connectivity index (χ1n) is 6.80. The van der Waals surface area contributed by atoms with Gasteiger partial charge in [0, 0.05) is 12.1 Å². The molecule has 5 N–H and O–H groups in total. The van der Waals surface area contributed by atoms with Gasteiger partial charge in [0.25, 0.3) is 0 Å². The van der Waals surface area contributed by atoms with Gasteiger partial charge in [0.1, 0.15) is 0 Å². The number of nitrogens with two attached hydrogens (primary N) is 1. The van der Waals surface area contributed by atoms with Gasteiger partial charge in [-0.25, -0.2) is 17.9 Å². The monoisotopic (exact) mass is 312 g/mol. The molecule has 0 radical (unpaired) electrons. The van der Waals surface area contributed by atoms with Crippen LogP contribution in [0, 0.1) is 0 Å². The Labute approximate surface area is 123 Å². The van der Waals surface area contributed by atoms with Crippen molar-refractivity contribution in [1.82, 2.24) is 14.7 Å². The molecule has 2 aromatic rings. The quantitative estimate of drug-likeness (QED) is 0.626. The molecule has 1 aromatic carbocycles.